The summed E-state index contributed by atoms with van der Waals surface area (Å²) >= 11 is 0. The van der Waals surface area contributed by atoms with Crippen LogP contribution in [0.3, 0.4) is 0 Å². The van der Waals surface area contributed by atoms with Gasteiger partial charge in [-0.2, -0.15) is 28.1 Å². The molecule has 5 rings (SSSR count). The molecular weight excluding hydrogens is 490 g/mol. The van der Waals surface area contributed by atoms with Gasteiger partial charge in [-0.1, -0.05) is 12.1 Å². The molecule has 0 N–H and O–H groups in total. The van der Waals surface area contributed by atoms with E-state index in [4.69, 9.17) is 9.72 Å². The van der Waals surface area contributed by atoms with Crippen LogP contribution >= 0.6 is 0 Å². The third-order valence-electron chi connectivity index (χ3n) is 6.50. The van der Waals surface area contributed by atoms with Gasteiger partial charge in [-0.3, -0.25) is 0 Å². The number of benzene rings is 1. The Balaban J connectivity index is 1.38. The molecule has 2 aliphatic heterocycles. The first kappa shape index (κ1) is 25.1. The Kier molecular flexibility index (Phi) is 7.09. The van der Waals surface area contributed by atoms with Gasteiger partial charge in [0.25, 0.3) is 0 Å². The molecule has 0 amide bonds. The van der Waals surface area contributed by atoms with Crippen LogP contribution in [0.1, 0.15) is 22.5 Å². The van der Waals surface area contributed by atoms with E-state index < -0.39 is 11.7 Å². The zero-order valence-corrected chi connectivity index (χ0v) is 20.4. The standard InChI is InChI=1S/C25H27F4N7O/c1-17-4-5-18(15-20(17)26)16-21-31-23(33-24(32-21)36-11-13-37-14-12-36)35-9-7-34(8-10-35)22-19(25(27,28)29)3-2-6-30-22/h2-6,15H,7-14,16H2,1H3. The minimum atomic E-state index is -4.48. The topological polar surface area (TPSA) is 70.5 Å². The van der Waals surface area contributed by atoms with Crippen molar-refractivity contribution in [2.75, 3.05) is 67.2 Å². The van der Waals surface area contributed by atoms with E-state index in [0.29, 0.717) is 82.2 Å². The van der Waals surface area contributed by atoms with Gasteiger partial charge in [0.1, 0.15) is 17.5 Å². The van der Waals surface area contributed by atoms with Crippen LogP contribution in [0.2, 0.25) is 0 Å². The summed E-state index contributed by atoms with van der Waals surface area (Å²) in [6, 6.07) is 7.40. The summed E-state index contributed by atoms with van der Waals surface area (Å²) in [4.78, 5) is 23.6. The van der Waals surface area contributed by atoms with Crippen LogP contribution in [-0.2, 0) is 17.3 Å². The summed E-state index contributed by atoms with van der Waals surface area (Å²) in [7, 11) is 0. The molecule has 2 fully saturated rings. The first-order valence-electron chi connectivity index (χ1n) is 12.1. The number of pyridine rings is 1. The monoisotopic (exact) mass is 517 g/mol. The van der Waals surface area contributed by atoms with Crippen molar-refractivity contribution < 1.29 is 22.3 Å². The van der Waals surface area contributed by atoms with E-state index in [9.17, 15) is 17.6 Å². The molecule has 0 spiro atoms. The van der Waals surface area contributed by atoms with Crippen molar-refractivity contribution in [1.82, 2.24) is 19.9 Å². The minimum absolute atomic E-state index is 0.0682. The highest BCUT2D eigenvalue weighted by molar-refractivity contribution is 5.50. The van der Waals surface area contributed by atoms with Gasteiger partial charge in [-0.05, 0) is 36.2 Å². The van der Waals surface area contributed by atoms with Crippen molar-refractivity contribution in [3.8, 4) is 0 Å². The number of ether oxygens (including phenoxy) is 1. The molecule has 0 radical (unpaired) electrons. The maximum Gasteiger partial charge on any atom is 0.419 e. The van der Waals surface area contributed by atoms with Crippen molar-refractivity contribution in [3.63, 3.8) is 0 Å². The lowest BCUT2D eigenvalue weighted by Gasteiger charge is -2.36. The van der Waals surface area contributed by atoms with Gasteiger partial charge in [-0.15, -0.1) is 0 Å². The van der Waals surface area contributed by atoms with Crippen molar-refractivity contribution in [1.29, 1.82) is 0 Å². The van der Waals surface area contributed by atoms with E-state index in [0.717, 1.165) is 11.6 Å². The lowest BCUT2D eigenvalue weighted by molar-refractivity contribution is -0.137. The number of halogens is 4. The summed E-state index contributed by atoms with van der Waals surface area (Å²) in [6.45, 7) is 5.59. The van der Waals surface area contributed by atoms with Gasteiger partial charge in [-0.25, -0.2) is 9.37 Å². The molecule has 0 atom stereocenters. The molecule has 8 nitrogen and oxygen atoms in total. The summed E-state index contributed by atoms with van der Waals surface area (Å²) in [5, 5.41) is 0. The Morgan fingerprint density at radius 3 is 2.16 bits per heavy atom. The lowest BCUT2D eigenvalue weighted by atomic mass is 10.1. The quantitative estimate of drug-likeness (QED) is 0.477. The van der Waals surface area contributed by atoms with Crippen LogP contribution in [0.4, 0.5) is 35.3 Å². The second kappa shape index (κ2) is 10.4. The number of aromatic nitrogens is 4. The fourth-order valence-corrected chi connectivity index (χ4v) is 4.44. The van der Waals surface area contributed by atoms with Crippen LogP contribution in [-0.4, -0.2) is 72.4 Å². The first-order chi connectivity index (χ1) is 17.8. The Hall–Kier alpha value is -3.54. The number of morpholine rings is 1. The number of aryl methyl sites for hydroxylation is 1. The SMILES string of the molecule is Cc1ccc(Cc2nc(N3CCOCC3)nc(N3CCN(c4ncccc4C(F)(F)F)CC3)n2)cc1F. The zero-order chi connectivity index (χ0) is 26.0. The molecule has 3 aromatic rings. The number of piperazine rings is 1. The molecule has 196 valence electrons. The van der Waals surface area contributed by atoms with Crippen LogP contribution in [0, 0.1) is 12.7 Å². The van der Waals surface area contributed by atoms with E-state index in [-0.39, 0.29) is 11.6 Å². The Labute approximate surface area is 211 Å². The second-order valence-corrected chi connectivity index (χ2v) is 9.06. The largest absolute Gasteiger partial charge is 0.419 e. The van der Waals surface area contributed by atoms with Crippen LogP contribution < -0.4 is 14.7 Å². The fourth-order valence-electron chi connectivity index (χ4n) is 4.44. The molecule has 0 bridgehead atoms. The van der Waals surface area contributed by atoms with E-state index in [1.807, 2.05) is 15.9 Å². The highest BCUT2D eigenvalue weighted by Gasteiger charge is 2.36. The van der Waals surface area contributed by atoms with Gasteiger partial charge in [0.2, 0.25) is 11.9 Å². The number of rotatable bonds is 5. The van der Waals surface area contributed by atoms with Crippen molar-refractivity contribution in [3.05, 3.63) is 64.9 Å². The van der Waals surface area contributed by atoms with E-state index in [2.05, 4.69) is 15.0 Å². The van der Waals surface area contributed by atoms with Crippen LogP contribution in [0.15, 0.2) is 36.5 Å². The van der Waals surface area contributed by atoms with Crippen LogP contribution in [0.25, 0.3) is 0 Å². The fraction of sp³-hybridized carbons (Fsp3) is 0.440. The molecule has 0 aliphatic carbocycles. The Morgan fingerprint density at radius 2 is 1.51 bits per heavy atom. The Morgan fingerprint density at radius 1 is 0.865 bits per heavy atom. The number of anilines is 3. The lowest BCUT2D eigenvalue weighted by Crippen LogP contribution is -2.48. The summed E-state index contributed by atoms with van der Waals surface area (Å²) in [6.07, 6.45) is -2.78. The van der Waals surface area contributed by atoms with E-state index >= 15 is 0 Å². The number of hydrogen-bond donors (Lipinski definition) is 0. The highest BCUT2D eigenvalue weighted by Crippen LogP contribution is 2.35. The molecule has 2 aromatic heterocycles. The predicted molar refractivity (Wildman–Crippen MR) is 130 cm³/mol. The Bertz CT molecular complexity index is 1240. The van der Waals surface area contributed by atoms with E-state index in [1.54, 1.807) is 17.9 Å². The van der Waals surface area contributed by atoms with E-state index in [1.165, 1.54) is 18.3 Å². The minimum Gasteiger partial charge on any atom is -0.378 e. The third-order valence-corrected chi connectivity index (χ3v) is 6.50. The highest BCUT2D eigenvalue weighted by atomic mass is 19.4. The molecule has 12 heteroatoms. The number of hydrogen-bond acceptors (Lipinski definition) is 8. The maximum absolute atomic E-state index is 14.1. The molecular formula is C25H27F4N7O. The van der Waals surface area contributed by atoms with Crippen LogP contribution in [0.5, 0.6) is 0 Å². The average molecular weight is 518 g/mol. The van der Waals surface area contributed by atoms with Crippen molar-refractivity contribution >= 4 is 17.7 Å². The third kappa shape index (κ3) is 5.74. The van der Waals surface area contributed by atoms with Gasteiger partial charge >= 0.3 is 6.18 Å². The predicted octanol–water partition coefficient (Wildman–Crippen LogP) is 3.49. The normalized spacial score (nSPS) is 16.8. The van der Waals surface area contributed by atoms with Crippen molar-refractivity contribution in [2.24, 2.45) is 0 Å². The average Bonchev–Trinajstić information content (AvgIpc) is 2.91. The molecule has 4 heterocycles. The van der Waals surface area contributed by atoms with Gasteiger partial charge in [0.05, 0.1) is 18.8 Å². The molecule has 2 saturated heterocycles. The van der Waals surface area contributed by atoms with Crippen molar-refractivity contribution in [2.45, 2.75) is 19.5 Å². The second-order valence-electron chi connectivity index (χ2n) is 9.06. The zero-order valence-electron chi connectivity index (χ0n) is 20.4. The first-order valence-corrected chi connectivity index (χ1v) is 12.1. The summed E-state index contributed by atoms with van der Waals surface area (Å²) < 4.78 is 60.1. The smallest absolute Gasteiger partial charge is 0.378 e. The van der Waals surface area contributed by atoms with Gasteiger partial charge < -0.3 is 19.4 Å². The molecule has 1 aromatic carbocycles. The van der Waals surface area contributed by atoms with Gasteiger partial charge in [0.15, 0.2) is 0 Å². The molecule has 0 unspecified atom stereocenters. The molecule has 37 heavy (non-hydrogen) atoms. The summed E-state index contributed by atoms with van der Waals surface area (Å²) in [5.41, 5.74) is 0.562. The summed E-state index contributed by atoms with van der Waals surface area (Å²) in [5.74, 6) is 1.12. The molecule has 2 aliphatic rings. The maximum atomic E-state index is 14.1. The number of alkyl halides is 3. The van der Waals surface area contributed by atoms with Gasteiger partial charge in [0, 0.05) is 51.9 Å². The molecule has 0 saturated carbocycles. The number of nitrogens with zero attached hydrogens (tertiary/aromatic N) is 7.